The topological polar surface area (TPSA) is 83.0 Å². The number of primary amides is 1. The van der Waals surface area contributed by atoms with Gasteiger partial charge in [-0.1, -0.05) is 0 Å². The second-order valence-corrected chi connectivity index (χ2v) is 4.19. The zero-order valence-corrected chi connectivity index (χ0v) is 9.47. The molecule has 17 heavy (non-hydrogen) atoms. The van der Waals surface area contributed by atoms with Gasteiger partial charge in [-0.2, -0.15) is 5.26 Å². The molecule has 2 rings (SSSR count). The Balaban J connectivity index is 2.22. The molecule has 2 heterocycles. The minimum absolute atomic E-state index is 0.129. The fourth-order valence-electron chi connectivity index (χ4n) is 2.16. The Morgan fingerprint density at radius 2 is 2.47 bits per heavy atom. The summed E-state index contributed by atoms with van der Waals surface area (Å²) in [6.07, 6.45) is 5.00. The highest BCUT2D eigenvalue weighted by Crippen LogP contribution is 2.24. The minimum Gasteiger partial charge on any atom is -0.369 e. The summed E-state index contributed by atoms with van der Waals surface area (Å²) in [4.78, 5) is 17.2. The van der Waals surface area contributed by atoms with Crippen molar-refractivity contribution in [2.24, 2.45) is 11.7 Å². The first-order valence-electron chi connectivity index (χ1n) is 5.60. The molecule has 88 valence electrons. The Hall–Kier alpha value is -2.09. The molecule has 0 radical (unpaired) electrons. The Bertz CT molecular complexity index is 466. The molecule has 1 unspecified atom stereocenters. The van der Waals surface area contributed by atoms with Gasteiger partial charge in [0.15, 0.2) is 0 Å². The third kappa shape index (κ3) is 2.36. The average molecular weight is 230 g/mol. The van der Waals surface area contributed by atoms with Gasteiger partial charge in [-0.3, -0.25) is 9.78 Å². The highest BCUT2D eigenvalue weighted by molar-refractivity contribution is 5.77. The van der Waals surface area contributed by atoms with Crippen LogP contribution in [0.3, 0.4) is 0 Å². The number of carbonyl (C=O) groups is 1. The van der Waals surface area contributed by atoms with E-state index < -0.39 is 0 Å². The number of carbonyl (C=O) groups excluding carboxylic acids is 1. The number of nitrogens with zero attached hydrogens (tertiary/aromatic N) is 3. The Morgan fingerprint density at radius 3 is 3.18 bits per heavy atom. The van der Waals surface area contributed by atoms with E-state index >= 15 is 0 Å². The van der Waals surface area contributed by atoms with Crippen molar-refractivity contribution in [2.75, 3.05) is 18.0 Å². The van der Waals surface area contributed by atoms with Crippen LogP contribution < -0.4 is 10.6 Å². The van der Waals surface area contributed by atoms with Gasteiger partial charge < -0.3 is 10.6 Å². The molecule has 1 aliphatic rings. The summed E-state index contributed by atoms with van der Waals surface area (Å²) in [5.41, 5.74) is 6.71. The molecule has 0 bridgehead atoms. The maximum Gasteiger partial charge on any atom is 0.222 e. The second kappa shape index (κ2) is 4.83. The summed E-state index contributed by atoms with van der Waals surface area (Å²) in [7, 11) is 0. The Kier molecular flexibility index (Phi) is 3.24. The molecule has 1 amide bonds. The van der Waals surface area contributed by atoms with E-state index in [9.17, 15) is 4.79 Å². The quantitative estimate of drug-likeness (QED) is 0.808. The first-order chi connectivity index (χ1) is 8.22. The number of nitrogens with two attached hydrogens (primary N) is 1. The van der Waals surface area contributed by atoms with Gasteiger partial charge in [0, 0.05) is 19.3 Å². The fourth-order valence-corrected chi connectivity index (χ4v) is 2.16. The lowest BCUT2D eigenvalue weighted by atomic mass is 9.97. The van der Waals surface area contributed by atoms with Crippen molar-refractivity contribution in [1.29, 1.82) is 5.26 Å². The van der Waals surface area contributed by atoms with E-state index in [1.54, 1.807) is 18.5 Å². The number of aromatic nitrogens is 1. The normalized spacial score (nSPS) is 19.7. The highest BCUT2D eigenvalue weighted by atomic mass is 16.1. The van der Waals surface area contributed by atoms with Crippen molar-refractivity contribution in [3.63, 3.8) is 0 Å². The van der Waals surface area contributed by atoms with E-state index in [-0.39, 0.29) is 11.8 Å². The number of piperidine rings is 1. The van der Waals surface area contributed by atoms with E-state index in [2.05, 4.69) is 11.1 Å². The van der Waals surface area contributed by atoms with Crippen LogP contribution in [0.5, 0.6) is 0 Å². The lowest BCUT2D eigenvalue weighted by Crippen LogP contribution is -2.41. The molecule has 1 aromatic rings. The summed E-state index contributed by atoms with van der Waals surface area (Å²) in [6, 6.07) is 3.82. The number of rotatable bonds is 2. The average Bonchev–Trinajstić information content (AvgIpc) is 2.39. The van der Waals surface area contributed by atoms with Crippen LogP contribution in [0.15, 0.2) is 18.5 Å². The summed E-state index contributed by atoms with van der Waals surface area (Å²) >= 11 is 0. The van der Waals surface area contributed by atoms with Crippen molar-refractivity contribution in [1.82, 2.24) is 4.98 Å². The van der Waals surface area contributed by atoms with E-state index in [1.807, 2.05) is 4.90 Å². The van der Waals surface area contributed by atoms with Crippen LogP contribution in [0.4, 0.5) is 5.69 Å². The third-order valence-corrected chi connectivity index (χ3v) is 3.08. The summed E-state index contributed by atoms with van der Waals surface area (Å²) < 4.78 is 0. The number of hydrogen-bond acceptors (Lipinski definition) is 4. The molecule has 0 spiro atoms. The molecule has 0 aliphatic carbocycles. The number of anilines is 1. The molecule has 0 aromatic carbocycles. The lowest BCUT2D eigenvalue weighted by Gasteiger charge is -2.33. The van der Waals surface area contributed by atoms with E-state index in [0.717, 1.165) is 25.1 Å². The van der Waals surface area contributed by atoms with Crippen molar-refractivity contribution >= 4 is 11.6 Å². The van der Waals surface area contributed by atoms with Crippen LogP contribution in [-0.4, -0.2) is 24.0 Å². The lowest BCUT2D eigenvalue weighted by molar-refractivity contribution is -0.122. The first-order valence-corrected chi connectivity index (χ1v) is 5.60. The van der Waals surface area contributed by atoms with Crippen molar-refractivity contribution in [3.8, 4) is 6.07 Å². The van der Waals surface area contributed by atoms with Gasteiger partial charge in [-0.05, 0) is 18.9 Å². The number of hydrogen-bond donors (Lipinski definition) is 1. The smallest absolute Gasteiger partial charge is 0.222 e. The first kappa shape index (κ1) is 11.4. The SMILES string of the molecule is N#Cc1ccncc1N1CCCC(C(N)=O)C1. The van der Waals surface area contributed by atoms with Crippen LogP contribution in [0.25, 0.3) is 0 Å². The van der Waals surface area contributed by atoms with Crippen molar-refractivity contribution < 1.29 is 4.79 Å². The standard InChI is InChI=1S/C12H14N4O/c13-6-9-3-4-15-7-11(9)16-5-1-2-10(8-16)12(14)17/h3-4,7,10H,1-2,5,8H2,(H2,14,17). The molecule has 0 saturated carbocycles. The number of amides is 1. The third-order valence-electron chi connectivity index (χ3n) is 3.08. The van der Waals surface area contributed by atoms with Crippen LogP contribution >= 0.6 is 0 Å². The molecular weight excluding hydrogens is 216 g/mol. The fraction of sp³-hybridized carbons (Fsp3) is 0.417. The van der Waals surface area contributed by atoms with Gasteiger partial charge in [0.1, 0.15) is 6.07 Å². The predicted octanol–water partition coefficient (Wildman–Crippen LogP) is 0.655. The van der Waals surface area contributed by atoms with Gasteiger partial charge in [-0.25, -0.2) is 0 Å². The van der Waals surface area contributed by atoms with Gasteiger partial charge >= 0.3 is 0 Å². The summed E-state index contributed by atoms with van der Waals surface area (Å²) in [5, 5.41) is 9.03. The zero-order chi connectivity index (χ0) is 12.3. The molecular formula is C12H14N4O. The Morgan fingerprint density at radius 1 is 1.65 bits per heavy atom. The monoisotopic (exact) mass is 230 g/mol. The van der Waals surface area contributed by atoms with E-state index in [0.29, 0.717) is 12.1 Å². The largest absolute Gasteiger partial charge is 0.369 e. The molecule has 5 nitrogen and oxygen atoms in total. The van der Waals surface area contributed by atoms with Crippen LogP contribution in [0, 0.1) is 17.2 Å². The van der Waals surface area contributed by atoms with Crippen molar-refractivity contribution in [2.45, 2.75) is 12.8 Å². The van der Waals surface area contributed by atoms with Crippen molar-refractivity contribution in [3.05, 3.63) is 24.0 Å². The van der Waals surface area contributed by atoms with Gasteiger partial charge in [0.25, 0.3) is 0 Å². The zero-order valence-electron chi connectivity index (χ0n) is 9.47. The Labute approximate surface area is 99.9 Å². The maximum atomic E-state index is 11.2. The van der Waals surface area contributed by atoms with Gasteiger partial charge in [-0.15, -0.1) is 0 Å². The van der Waals surface area contributed by atoms with Crippen LogP contribution in [0.1, 0.15) is 18.4 Å². The highest BCUT2D eigenvalue weighted by Gasteiger charge is 2.25. The van der Waals surface area contributed by atoms with E-state index in [1.165, 1.54) is 0 Å². The number of nitriles is 1. The number of pyridine rings is 1. The minimum atomic E-state index is -0.267. The molecule has 1 atom stereocenters. The molecule has 1 saturated heterocycles. The molecule has 2 N–H and O–H groups in total. The molecule has 1 aliphatic heterocycles. The summed E-state index contributed by atoms with van der Waals surface area (Å²) in [5.74, 6) is -0.396. The molecule has 1 fully saturated rings. The van der Waals surface area contributed by atoms with Gasteiger partial charge in [0.2, 0.25) is 5.91 Å². The van der Waals surface area contributed by atoms with Crippen LogP contribution in [-0.2, 0) is 4.79 Å². The predicted molar refractivity (Wildman–Crippen MR) is 63.1 cm³/mol. The van der Waals surface area contributed by atoms with Crippen LogP contribution in [0.2, 0.25) is 0 Å². The second-order valence-electron chi connectivity index (χ2n) is 4.19. The van der Waals surface area contributed by atoms with E-state index in [4.69, 9.17) is 11.0 Å². The molecule has 5 heteroatoms. The maximum absolute atomic E-state index is 11.2. The van der Waals surface area contributed by atoms with Gasteiger partial charge in [0.05, 0.1) is 23.4 Å². The molecule has 1 aromatic heterocycles. The summed E-state index contributed by atoms with van der Waals surface area (Å²) in [6.45, 7) is 1.42.